The van der Waals surface area contributed by atoms with Crippen molar-refractivity contribution in [2.75, 3.05) is 7.11 Å². The summed E-state index contributed by atoms with van der Waals surface area (Å²) in [5.74, 6) is -5.15. The minimum Gasteiger partial charge on any atom is -0.497 e. The van der Waals surface area contributed by atoms with E-state index in [4.69, 9.17) is 4.74 Å². The van der Waals surface area contributed by atoms with Gasteiger partial charge >= 0.3 is 0 Å². The topological polar surface area (TPSA) is 38.3 Å². The van der Waals surface area contributed by atoms with Gasteiger partial charge < -0.3 is 10.1 Å². The van der Waals surface area contributed by atoms with Crippen LogP contribution in [0.2, 0.25) is 0 Å². The summed E-state index contributed by atoms with van der Waals surface area (Å²) in [6.07, 6.45) is 4.71. The third-order valence-electron chi connectivity index (χ3n) is 4.35. The summed E-state index contributed by atoms with van der Waals surface area (Å²) in [7, 11) is 1.44. The van der Waals surface area contributed by atoms with E-state index in [0.717, 1.165) is 18.2 Å². The van der Waals surface area contributed by atoms with Crippen LogP contribution in [0.1, 0.15) is 28.4 Å². The Kier molecular flexibility index (Phi) is 4.78. The normalized spacial score (nSPS) is 18.7. The lowest BCUT2D eigenvalue weighted by Crippen LogP contribution is -2.37. The van der Waals surface area contributed by atoms with Crippen molar-refractivity contribution >= 4 is 5.78 Å². The van der Waals surface area contributed by atoms with E-state index in [9.17, 15) is 18.0 Å². The molecule has 140 valence electrons. The van der Waals surface area contributed by atoms with Crippen LogP contribution in [0.3, 0.4) is 0 Å². The molecule has 1 heterocycles. The van der Waals surface area contributed by atoms with Gasteiger partial charge in [0.15, 0.2) is 0 Å². The summed E-state index contributed by atoms with van der Waals surface area (Å²) in [5.41, 5.74) is -2.70. The number of ether oxygens (including phenoxy) is 1. The number of nitrogens with one attached hydrogen (secondary N) is 1. The van der Waals surface area contributed by atoms with Gasteiger partial charge in [0.25, 0.3) is 0 Å². The molecule has 1 N–H and O–H groups in total. The second kappa shape index (κ2) is 6.90. The number of carbonyl (C=O) groups is 1. The van der Waals surface area contributed by atoms with Crippen LogP contribution in [0.5, 0.6) is 0 Å². The molecule has 1 unspecified atom stereocenters. The number of hydrogen-bond acceptors (Lipinski definition) is 3. The molecule has 0 amide bonds. The Balaban J connectivity index is 2.13. The van der Waals surface area contributed by atoms with Gasteiger partial charge in [-0.25, -0.2) is 17.6 Å². The van der Waals surface area contributed by atoms with Gasteiger partial charge in [0.1, 0.15) is 29.0 Å². The van der Waals surface area contributed by atoms with Crippen molar-refractivity contribution in [3.05, 3.63) is 94.4 Å². The Morgan fingerprint density at radius 2 is 1.81 bits per heavy atom. The summed E-state index contributed by atoms with van der Waals surface area (Å²) in [6, 6.07) is 4.30. The fourth-order valence-corrected chi connectivity index (χ4v) is 2.92. The largest absolute Gasteiger partial charge is 0.497 e. The minimum absolute atomic E-state index is 0.0336. The van der Waals surface area contributed by atoms with Gasteiger partial charge in [0, 0.05) is 17.8 Å². The number of benzene rings is 2. The third-order valence-corrected chi connectivity index (χ3v) is 4.35. The molecule has 0 saturated heterocycles. The van der Waals surface area contributed by atoms with E-state index < -0.39 is 45.7 Å². The summed E-state index contributed by atoms with van der Waals surface area (Å²) < 4.78 is 61.6. The van der Waals surface area contributed by atoms with Crippen LogP contribution in [0.25, 0.3) is 0 Å². The first kappa shape index (κ1) is 18.7. The van der Waals surface area contributed by atoms with Gasteiger partial charge in [-0.05, 0) is 37.3 Å². The molecule has 0 aliphatic carbocycles. The lowest BCUT2D eigenvalue weighted by atomic mass is 9.86. The lowest BCUT2D eigenvalue weighted by molar-refractivity contribution is 0.102. The number of carbonyl (C=O) groups excluding carboxylic acids is 1. The van der Waals surface area contributed by atoms with Gasteiger partial charge in [-0.2, -0.15) is 0 Å². The fourth-order valence-electron chi connectivity index (χ4n) is 2.92. The van der Waals surface area contributed by atoms with Crippen molar-refractivity contribution in [1.82, 2.24) is 5.32 Å². The Hall–Kier alpha value is -3.09. The minimum atomic E-state index is -1.21. The van der Waals surface area contributed by atoms with Crippen molar-refractivity contribution in [3.63, 3.8) is 0 Å². The second-order valence-corrected chi connectivity index (χ2v) is 6.17. The zero-order valence-corrected chi connectivity index (χ0v) is 14.4. The molecule has 0 bridgehead atoms. The van der Waals surface area contributed by atoms with Crippen molar-refractivity contribution < 1.29 is 27.1 Å². The monoisotopic (exact) mass is 377 g/mol. The first-order chi connectivity index (χ1) is 12.8. The highest BCUT2D eigenvalue weighted by Crippen LogP contribution is 2.32. The number of allylic oxidation sites excluding steroid dienone is 1. The molecular weight excluding hydrogens is 362 g/mol. The van der Waals surface area contributed by atoms with Gasteiger partial charge in [0.2, 0.25) is 5.78 Å². The molecule has 7 heteroatoms. The summed E-state index contributed by atoms with van der Waals surface area (Å²) in [5, 5.41) is 2.93. The number of hydrogen-bond donors (Lipinski definition) is 1. The molecule has 0 fully saturated rings. The predicted octanol–water partition coefficient (Wildman–Crippen LogP) is 4.34. The maximum atomic E-state index is 15.1. The van der Waals surface area contributed by atoms with Crippen molar-refractivity contribution in [2.45, 2.75) is 12.5 Å². The Bertz CT molecular complexity index is 984. The quantitative estimate of drug-likeness (QED) is 0.637. The number of ketones is 1. The standard InChI is InChI=1S/C20H15F4NO2/c1-20(10-12(27-2)7-8-25-20)14-5-6-15(22)17(18(14)24)19(26)13-4-3-11(21)9-16(13)23/h3-10,25H,1-2H3. The molecule has 1 aliphatic rings. The van der Waals surface area contributed by atoms with E-state index in [1.165, 1.54) is 19.4 Å². The molecule has 27 heavy (non-hydrogen) atoms. The van der Waals surface area contributed by atoms with Crippen LogP contribution < -0.4 is 5.32 Å². The van der Waals surface area contributed by atoms with Crippen molar-refractivity contribution in [2.24, 2.45) is 0 Å². The molecule has 1 aliphatic heterocycles. The first-order valence-electron chi connectivity index (χ1n) is 7.96. The lowest BCUT2D eigenvalue weighted by Gasteiger charge is -2.31. The van der Waals surface area contributed by atoms with Crippen LogP contribution in [0, 0.1) is 23.3 Å². The fraction of sp³-hybridized carbons (Fsp3) is 0.150. The molecule has 3 nitrogen and oxygen atoms in total. The predicted molar refractivity (Wildman–Crippen MR) is 90.9 cm³/mol. The van der Waals surface area contributed by atoms with Gasteiger partial charge in [0.05, 0.1) is 23.8 Å². The van der Waals surface area contributed by atoms with Gasteiger partial charge in [-0.3, -0.25) is 4.79 Å². The van der Waals surface area contributed by atoms with Gasteiger partial charge in [-0.1, -0.05) is 6.07 Å². The van der Waals surface area contributed by atoms with Crippen molar-refractivity contribution in [3.8, 4) is 0 Å². The van der Waals surface area contributed by atoms with Crippen LogP contribution in [0.15, 0.2) is 54.4 Å². The third kappa shape index (κ3) is 3.32. The summed E-state index contributed by atoms with van der Waals surface area (Å²) in [6.45, 7) is 1.61. The average Bonchev–Trinajstić information content (AvgIpc) is 2.61. The first-order valence-corrected chi connectivity index (χ1v) is 7.96. The van der Waals surface area contributed by atoms with Crippen LogP contribution in [-0.2, 0) is 10.3 Å². The highest BCUT2D eigenvalue weighted by atomic mass is 19.1. The molecule has 2 aromatic carbocycles. The van der Waals surface area contributed by atoms with E-state index in [2.05, 4.69) is 5.32 Å². The van der Waals surface area contributed by atoms with Crippen LogP contribution >= 0.6 is 0 Å². The molecule has 2 aromatic rings. The van der Waals surface area contributed by atoms with E-state index >= 15 is 4.39 Å². The van der Waals surface area contributed by atoms with Crippen LogP contribution in [-0.4, -0.2) is 12.9 Å². The molecule has 0 spiro atoms. The van der Waals surface area contributed by atoms with E-state index in [-0.39, 0.29) is 5.56 Å². The van der Waals surface area contributed by atoms with Crippen LogP contribution in [0.4, 0.5) is 17.6 Å². The number of rotatable bonds is 4. The zero-order valence-electron chi connectivity index (χ0n) is 14.4. The molecule has 0 saturated carbocycles. The second-order valence-electron chi connectivity index (χ2n) is 6.17. The molecule has 0 aromatic heterocycles. The van der Waals surface area contributed by atoms with Gasteiger partial charge in [-0.15, -0.1) is 0 Å². The highest BCUT2D eigenvalue weighted by Gasteiger charge is 2.33. The summed E-state index contributed by atoms with van der Waals surface area (Å²) >= 11 is 0. The smallest absolute Gasteiger partial charge is 0.201 e. The van der Waals surface area contributed by atoms with E-state index in [1.807, 2.05) is 0 Å². The maximum Gasteiger partial charge on any atom is 0.201 e. The Labute approximate surface area is 153 Å². The number of methoxy groups -OCH3 is 1. The molecule has 3 rings (SSSR count). The number of dihydropyridines is 1. The van der Waals surface area contributed by atoms with Crippen molar-refractivity contribution in [1.29, 1.82) is 0 Å². The SMILES string of the molecule is COC1=CC(C)(c2ccc(F)c(C(=O)c3ccc(F)cc3F)c2F)NC=C1. The highest BCUT2D eigenvalue weighted by molar-refractivity contribution is 6.09. The summed E-state index contributed by atoms with van der Waals surface area (Å²) in [4.78, 5) is 12.6. The maximum absolute atomic E-state index is 15.1. The molecule has 0 radical (unpaired) electrons. The van der Waals surface area contributed by atoms with E-state index in [1.54, 1.807) is 19.1 Å². The Morgan fingerprint density at radius 1 is 1.07 bits per heavy atom. The van der Waals surface area contributed by atoms with E-state index in [0.29, 0.717) is 11.8 Å². The molecule has 1 atom stereocenters. The number of halogens is 4. The average molecular weight is 377 g/mol. The Morgan fingerprint density at radius 3 is 2.48 bits per heavy atom. The molecular formula is C20H15F4NO2. The zero-order chi connectivity index (χ0) is 19.8.